The van der Waals surface area contributed by atoms with Crippen molar-refractivity contribution in [2.45, 2.75) is 57.8 Å². The molecule has 0 saturated carbocycles. The van der Waals surface area contributed by atoms with Crippen molar-refractivity contribution in [1.29, 1.82) is 0 Å². The van der Waals surface area contributed by atoms with Crippen molar-refractivity contribution in [2.24, 2.45) is 0 Å². The Hall–Kier alpha value is -0.0431. The molecule has 0 spiro atoms. The maximum absolute atomic E-state index is 3.81. The highest BCUT2D eigenvalue weighted by molar-refractivity contribution is 6.78. The molecule has 0 unspecified atom stereocenters. The third-order valence-corrected chi connectivity index (χ3v) is 7.57. The molecular formula is C11H24Si. The molecule has 0 aromatic rings. The molecule has 0 aliphatic heterocycles. The second-order valence-electron chi connectivity index (χ2n) is 4.14. The molecule has 0 N–H and O–H groups in total. The van der Waals surface area contributed by atoms with Gasteiger partial charge in [0.15, 0.2) is 0 Å². The van der Waals surface area contributed by atoms with E-state index in [1.54, 1.807) is 0 Å². The average molecular weight is 184 g/mol. The van der Waals surface area contributed by atoms with Gasteiger partial charge in [0.2, 0.25) is 0 Å². The minimum atomic E-state index is -0.842. The van der Waals surface area contributed by atoms with E-state index >= 15 is 0 Å². The predicted molar refractivity (Wildman–Crippen MR) is 61.4 cm³/mol. The van der Waals surface area contributed by atoms with Gasteiger partial charge in [0.25, 0.3) is 0 Å². The second-order valence-corrected chi connectivity index (χ2v) is 9.26. The lowest BCUT2D eigenvalue weighted by Gasteiger charge is -2.26. The van der Waals surface area contributed by atoms with Crippen LogP contribution >= 0.6 is 0 Å². The van der Waals surface area contributed by atoms with Crippen LogP contribution in [0.3, 0.4) is 0 Å². The minimum absolute atomic E-state index is 0.842. The van der Waals surface area contributed by atoms with Crippen LogP contribution in [0, 0.1) is 0 Å². The van der Waals surface area contributed by atoms with Crippen molar-refractivity contribution in [1.82, 2.24) is 0 Å². The van der Waals surface area contributed by atoms with Crippen molar-refractivity contribution >= 4 is 8.07 Å². The Kier molecular flexibility index (Phi) is 6.45. The maximum Gasteiger partial charge on any atom is 0.0507 e. The molecule has 0 aromatic heterocycles. The van der Waals surface area contributed by atoms with Gasteiger partial charge in [-0.25, -0.2) is 0 Å². The molecule has 0 nitrogen and oxygen atoms in total. The van der Waals surface area contributed by atoms with Crippen LogP contribution < -0.4 is 0 Å². The standard InChI is InChI=1S/C11H24Si/c1-5-8-11-12(4,9-6-2)10-7-3/h5H,1,6-11H2,2-4H3. The van der Waals surface area contributed by atoms with Crippen LogP contribution in [0.1, 0.15) is 33.1 Å². The SMILES string of the molecule is C=CCC[Si](C)(CCC)CCC. The Morgan fingerprint density at radius 2 is 1.58 bits per heavy atom. The van der Waals surface area contributed by atoms with Crippen molar-refractivity contribution in [3.05, 3.63) is 12.7 Å². The summed E-state index contributed by atoms with van der Waals surface area (Å²) >= 11 is 0. The molecule has 0 fully saturated rings. The molecule has 0 bridgehead atoms. The van der Waals surface area contributed by atoms with Gasteiger partial charge in [-0.05, 0) is 6.42 Å². The van der Waals surface area contributed by atoms with Gasteiger partial charge >= 0.3 is 0 Å². The van der Waals surface area contributed by atoms with Gasteiger partial charge in [-0.15, -0.1) is 6.58 Å². The summed E-state index contributed by atoms with van der Waals surface area (Å²) in [6, 6.07) is 4.47. The summed E-state index contributed by atoms with van der Waals surface area (Å²) < 4.78 is 0. The Morgan fingerprint density at radius 1 is 1.08 bits per heavy atom. The van der Waals surface area contributed by atoms with Crippen LogP contribution in [-0.2, 0) is 0 Å². The van der Waals surface area contributed by atoms with Crippen LogP contribution in [0.25, 0.3) is 0 Å². The molecule has 0 radical (unpaired) electrons. The largest absolute Gasteiger partial charge is 0.103 e. The Balaban J connectivity index is 3.88. The average Bonchev–Trinajstić information content (AvgIpc) is 2.02. The van der Waals surface area contributed by atoms with E-state index in [-0.39, 0.29) is 0 Å². The summed E-state index contributed by atoms with van der Waals surface area (Å²) in [6.45, 7) is 11.0. The molecule has 1 heteroatoms. The lowest BCUT2D eigenvalue weighted by molar-refractivity contribution is 0.948. The fraction of sp³-hybridized carbons (Fsp3) is 0.818. The van der Waals surface area contributed by atoms with Gasteiger partial charge in [0, 0.05) is 0 Å². The smallest absolute Gasteiger partial charge is 0.0507 e. The summed E-state index contributed by atoms with van der Waals surface area (Å²) in [5.74, 6) is 0. The molecule has 0 heterocycles. The monoisotopic (exact) mass is 184 g/mol. The van der Waals surface area contributed by atoms with E-state index < -0.39 is 8.07 Å². The Morgan fingerprint density at radius 3 is 1.92 bits per heavy atom. The molecule has 0 saturated heterocycles. The fourth-order valence-electron chi connectivity index (χ4n) is 2.03. The van der Waals surface area contributed by atoms with E-state index in [0.717, 1.165) is 0 Å². The van der Waals surface area contributed by atoms with Gasteiger partial charge in [-0.2, -0.15) is 0 Å². The summed E-state index contributed by atoms with van der Waals surface area (Å²) in [4.78, 5) is 0. The van der Waals surface area contributed by atoms with E-state index in [1.807, 2.05) is 0 Å². The van der Waals surface area contributed by atoms with E-state index in [2.05, 4.69) is 33.0 Å². The van der Waals surface area contributed by atoms with E-state index in [9.17, 15) is 0 Å². The van der Waals surface area contributed by atoms with E-state index in [0.29, 0.717) is 0 Å². The van der Waals surface area contributed by atoms with Crippen molar-refractivity contribution < 1.29 is 0 Å². The first kappa shape index (κ1) is 12.0. The zero-order valence-corrected chi connectivity index (χ0v) is 10.0. The van der Waals surface area contributed by atoms with Gasteiger partial charge in [0.1, 0.15) is 0 Å². The number of allylic oxidation sites excluding steroid dienone is 1. The zero-order valence-electron chi connectivity index (χ0n) is 9.03. The topological polar surface area (TPSA) is 0 Å². The molecule has 0 rings (SSSR count). The Bertz CT molecular complexity index is 112. The highest BCUT2D eigenvalue weighted by atomic mass is 28.3. The normalized spacial score (nSPS) is 11.6. The van der Waals surface area contributed by atoms with Crippen LogP contribution in [0.15, 0.2) is 12.7 Å². The molecule has 0 aromatic carbocycles. The highest BCUT2D eigenvalue weighted by Crippen LogP contribution is 2.25. The van der Waals surface area contributed by atoms with Gasteiger partial charge in [-0.1, -0.05) is 57.4 Å². The molecule has 0 amide bonds. The van der Waals surface area contributed by atoms with Crippen LogP contribution in [0.4, 0.5) is 0 Å². The molecule has 12 heavy (non-hydrogen) atoms. The van der Waals surface area contributed by atoms with Crippen LogP contribution in [-0.4, -0.2) is 8.07 Å². The van der Waals surface area contributed by atoms with Crippen molar-refractivity contribution in [3.63, 3.8) is 0 Å². The minimum Gasteiger partial charge on any atom is -0.103 e. The predicted octanol–water partition coefficient (Wildman–Crippen LogP) is 4.46. The second kappa shape index (κ2) is 6.47. The number of hydrogen-bond acceptors (Lipinski definition) is 0. The fourth-order valence-corrected chi connectivity index (χ4v) is 6.10. The van der Waals surface area contributed by atoms with Crippen molar-refractivity contribution in [2.75, 3.05) is 0 Å². The summed E-state index contributed by atoms with van der Waals surface area (Å²) in [5, 5.41) is 0. The van der Waals surface area contributed by atoms with Crippen LogP contribution in [0.2, 0.25) is 24.7 Å². The number of hydrogen-bond donors (Lipinski definition) is 0. The third-order valence-electron chi connectivity index (χ3n) is 2.66. The summed E-state index contributed by atoms with van der Waals surface area (Å²) in [5.41, 5.74) is 0. The molecule has 0 aliphatic carbocycles. The van der Waals surface area contributed by atoms with E-state index in [1.165, 1.54) is 37.4 Å². The third kappa shape index (κ3) is 4.76. The molecule has 0 atom stereocenters. The molecular weight excluding hydrogens is 160 g/mol. The number of rotatable bonds is 7. The molecule has 72 valence electrons. The quantitative estimate of drug-likeness (QED) is 0.405. The Labute approximate surface area is 79.1 Å². The van der Waals surface area contributed by atoms with Gasteiger partial charge in [0.05, 0.1) is 8.07 Å². The summed E-state index contributed by atoms with van der Waals surface area (Å²) in [7, 11) is -0.842. The van der Waals surface area contributed by atoms with Crippen molar-refractivity contribution in [3.8, 4) is 0 Å². The summed E-state index contributed by atoms with van der Waals surface area (Å²) in [6.07, 6.45) is 6.07. The highest BCUT2D eigenvalue weighted by Gasteiger charge is 2.23. The van der Waals surface area contributed by atoms with Crippen LogP contribution in [0.5, 0.6) is 0 Å². The first-order valence-corrected chi connectivity index (χ1v) is 8.41. The first-order chi connectivity index (χ1) is 5.68. The first-order valence-electron chi connectivity index (χ1n) is 5.29. The molecule has 0 aliphatic rings. The van der Waals surface area contributed by atoms with Gasteiger partial charge < -0.3 is 0 Å². The lowest BCUT2D eigenvalue weighted by Crippen LogP contribution is -2.28. The lowest BCUT2D eigenvalue weighted by atomic mass is 10.5. The van der Waals surface area contributed by atoms with Gasteiger partial charge in [-0.3, -0.25) is 0 Å². The van der Waals surface area contributed by atoms with E-state index in [4.69, 9.17) is 0 Å². The zero-order chi connectivity index (χ0) is 9.45. The maximum atomic E-state index is 3.81.